The first-order chi connectivity index (χ1) is 14.6. The number of carbonyl (C=O) groups is 2. The van der Waals surface area contributed by atoms with E-state index >= 15 is 0 Å². The standard InChI is InChI=1S/C21H21ClN6O2/c22-18-7-5-16(6-8-18)20(30)27-10-2-4-17(13-27)19(29)25-21-24-14-28(26-21)12-15-3-1-9-23-11-15/h1,3,5-9,11,14,17H,2,4,10,12-13H2,(H,25,26,29)/t17-/m1/s1. The van der Waals surface area contributed by atoms with Crippen molar-refractivity contribution < 1.29 is 9.59 Å². The number of carbonyl (C=O) groups excluding carboxylic acids is 2. The van der Waals surface area contributed by atoms with E-state index in [-0.39, 0.29) is 23.7 Å². The van der Waals surface area contributed by atoms with Crippen LogP contribution in [-0.4, -0.2) is 49.6 Å². The quantitative estimate of drug-likeness (QED) is 0.679. The van der Waals surface area contributed by atoms with Crippen molar-refractivity contribution in [2.75, 3.05) is 18.4 Å². The first-order valence-electron chi connectivity index (χ1n) is 9.72. The van der Waals surface area contributed by atoms with Crippen LogP contribution < -0.4 is 5.32 Å². The third kappa shape index (κ3) is 4.83. The Hall–Kier alpha value is -3.26. The largest absolute Gasteiger partial charge is 0.338 e. The molecule has 3 aromatic rings. The number of nitrogens with zero attached hydrogens (tertiary/aromatic N) is 5. The monoisotopic (exact) mass is 424 g/mol. The third-order valence-electron chi connectivity index (χ3n) is 5.01. The van der Waals surface area contributed by atoms with Crippen molar-refractivity contribution in [3.63, 3.8) is 0 Å². The highest BCUT2D eigenvalue weighted by molar-refractivity contribution is 6.30. The first kappa shape index (κ1) is 20.0. The molecule has 3 heterocycles. The molecular formula is C21H21ClN6O2. The predicted octanol–water partition coefficient (Wildman–Crippen LogP) is 2.87. The zero-order chi connectivity index (χ0) is 20.9. The van der Waals surface area contributed by atoms with E-state index in [1.54, 1.807) is 52.6 Å². The summed E-state index contributed by atoms with van der Waals surface area (Å²) >= 11 is 5.90. The number of amides is 2. The predicted molar refractivity (Wildman–Crippen MR) is 112 cm³/mol. The van der Waals surface area contributed by atoms with Crippen molar-refractivity contribution in [1.29, 1.82) is 0 Å². The number of hydrogen-bond donors (Lipinski definition) is 1. The van der Waals surface area contributed by atoms with E-state index in [1.165, 1.54) is 0 Å². The molecule has 1 saturated heterocycles. The normalized spacial score (nSPS) is 16.3. The molecule has 2 aromatic heterocycles. The summed E-state index contributed by atoms with van der Waals surface area (Å²) in [5.74, 6) is -0.323. The van der Waals surface area contributed by atoms with Gasteiger partial charge in [0.25, 0.3) is 5.91 Å². The van der Waals surface area contributed by atoms with Gasteiger partial charge >= 0.3 is 0 Å². The minimum Gasteiger partial charge on any atom is -0.338 e. The number of piperidine rings is 1. The highest BCUT2D eigenvalue weighted by Gasteiger charge is 2.29. The maximum Gasteiger partial charge on any atom is 0.253 e. The summed E-state index contributed by atoms with van der Waals surface area (Å²) in [4.78, 5) is 35.4. The smallest absolute Gasteiger partial charge is 0.253 e. The van der Waals surface area contributed by atoms with Crippen LogP contribution in [0.3, 0.4) is 0 Å². The molecule has 0 spiro atoms. The molecule has 1 fully saturated rings. The number of rotatable bonds is 5. The molecule has 30 heavy (non-hydrogen) atoms. The minimum atomic E-state index is -0.305. The number of benzene rings is 1. The van der Waals surface area contributed by atoms with Crippen LogP contribution in [0.5, 0.6) is 0 Å². The van der Waals surface area contributed by atoms with Crippen molar-refractivity contribution in [2.45, 2.75) is 19.4 Å². The van der Waals surface area contributed by atoms with Gasteiger partial charge in [-0.25, -0.2) is 9.67 Å². The molecule has 0 radical (unpaired) electrons. The molecule has 0 aliphatic carbocycles. The Morgan fingerprint density at radius 3 is 2.80 bits per heavy atom. The number of pyridine rings is 1. The van der Waals surface area contributed by atoms with Gasteiger partial charge in [-0.05, 0) is 48.7 Å². The first-order valence-corrected chi connectivity index (χ1v) is 10.1. The van der Waals surface area contributed by atoms with Crippen molar-refractivity contribution >= 4 is 29.4 Å². The molecule has 9 heteroatoms. The van der Waals surface area contributed by atoms with Gasteiger partial charge in [0, 0.05) is 36.1 Å². The summed E-state index contributed by atoms with van der Waals surface area (Å²) < 4.78 is 1.64. The number of aromatic nitrogens is 4. The summed E-state index contributed by atoms with van der Waals surface area (Å²) in [6.07, 6.45) is 6.52. The molecule has 1 aliphatic rings. The molecule has 0 bridgehead atoms. The zero-order valence-corrected chi connectivity index (χ0v) is 17.0. The Kier molecular flexibility index (Phi) is 6.04. The summed E-state index contributed by atoms with van der Waals surface area (Å²) in [5, 5.41) is 7.66. The Morgan fingerprint density at radius 2 is 2.03 bits per heavy atom. The second-order valence-electron chi connectivity index (χ2n) is 7.21. The molecule has 1 aromatic carbocycles. The van der Waals surface area contributed by atoms with E-state index in [0.29, 0.717) is 36.6 Å². The molecule has 4 rings (SSSR count). The van der Waals surface area contributed by atoms with E-state index in [0.717, 1.165) is 12.0 Å². The van der Waals surface area contributed by atoms with Gasteiger partial charge in [-0.15, -0.1) is 5.10 Å². The highest BCUT2D eigenvalue weighted by atomic mass is 35.5. The summed E-state index contributed by atoms with van der Waals surface area (Å²) in [7, 11) is 0. The summed E-state index contributed by atoms with van der Waals surface area (Å²) in [6, 6.07) is 10.6. The molecule has 0 saturated carbocycles. The minimum absolute atomic E-state index is 0.0944. The molecule has 1 atom stereocenters. The highest BCUT2D eigenvalue weighted by Crippen LogP contribution is 2.21. The van der Waals surface area contributed by atoms with Gasteiger partial charge < -0.3 is 4.90 Å². The lowest BCUT2D eigenvalue weighted by atomic mass is 9.96. The molecular weight excluding hydrogens is 404 g/mol. The van der Waals surface area contributed by atoms with Crippen LogP contribution in [-0.2, 0) is 11.3 Å². The van der Waals surface area contributed by atoms with Gasteiger partial charge in [0.1, 0.15) is 6.33 Å². The topological polar surface area (TPSA) is 93.0 Å². The molecule has 1 aliphatic heterocycles. The number of likely N-dealkylation sites (tertiary alicyclic amines) is 1. The van der Waals surface area contributed by atoms with Gasteiger partial charge in [0.15, 0.2) is 0 Å². The second kappa shape index (κ2) is 9.04. The van der Waals surface area contributed by atoms with E-state index in [1.807, 2.05) is 12.1 Å². The van der Waals surface area contributed by atoms with Crippen LogP contribution in [0.2, 0.25) is 5.02 Å². The van der Waals surface area contributed by atoms with Crippen LogP contribution in [0.15, 0.2) is 55.1 Å². The van der Waals surface area contributed by atoms with Gasteiger partial charge in [-0.1, -0.05) is 17.7 Å². The zero-order valence-electron chi connectivity index (χ0n) is 16.2. The third-order valence-corrected chi connectivity index (χ3v) is 5.26. The van der Waals surface area contributed by atoms with Crippen molar-refractivity contribution in [3.05, 3.63) is 71.3 Å². The van der Waals surface area contributed by atoms with E-state index in [2.05, 4.69) is 20.4 Å². The van der Waals surface area contributed by atoms with Crippen molar-refractivity contribution in [3.8, 4) is 0 Å². The van der Waals surface area contributed by atoms with Crippen LogP contribution in [0.4, 0.5) is 5.95 Å². The second-order valence-corrected chi connectivity index (χ2v) is 7.65. The van der Waals surface area contributed by atoms with Crippen molar-refractivity contribution in [2.24, 2.45) is 5.92 Å². The average Bonchev–Trinajstić information content (AvgIpc) is 3.21. The summed E-state index contributed by atoms with van der Waals surface area (Å²) in [6.45, 7) is 1.51. The average molecular weight is 425 g/mol. The Balaban J connectivity index is 1.35. The lowest BCUT2D eigenvalue weighted by Gasteiger charge is -2.31. The Labute approximate surface area is 178 Å². The van der Waals surface area contributed by atoms with Gasteiger partial charge in [-0.3, -0.25) is 19.9 Å². The van der Waals surface area contributed by atoms with Gasteiger partial charge in [0.2, 0.25) is 11.9 Å². The molecule has 0 unspecified atom stereocenters. The van der Waals surface area contributed by atoms with E-state index in [9.17, 15) is 9.59 Å². The number of halogens is 1. The van der Waals surface area contributed by atoms with Crippen LogP contribution in [0, 0.1) is 5.92 Å². The van der Waals surface area contributed by atoms with Crippen LogP contribution >= 0.6 is 11.6 Å². The van der Waals surface area contributed by atoms with Crippen LogP contribution in [0.25, 0.3) is 0 Å². The Morgan fingerprint density at radius 1 is 1.20 bits per heavy atom. The maximum atomic E-state index is 12.7. The lowest BCUT2D eigenvalue weighted by molar-refractivity contribution is -0.121. The van der Waals surface area contributed by atoms with Crippen molar-refractivity contribution in [1.82, 2.24) is 24.6 Å². The van der Waals surface area contributed by atoms with E-state index < -0.39 is 0 Å². The fraction of sp³-hybridized carbons (Fsp3) is 0.286. The lowest BCUT2D eigenvalue weighted by Crippen LogP contribution is -2.43. The summed E-state index contributed by atoms with van der Waals surface area (Å²) in [5.41, 5.74) is 1.56. The van der Waals surface area contributed by atoms with Gasteiger partial charge in [0.05, 0.1) is 12.5 Å². The Bertz CT molecular complexity index is 1020. The molecule has 2 amide bonds. The number of nitrogens with one attached hydrogen (secondary N) is 1. The number of hydrogen-bond acceptors (Lipinski definition) is 5. The van der Waals surface area contributed by atoms with E-state index in [4.69, 9.17) is 11.6 Å². The molecule has 8 nitrogen and oxygen atoms in total. The number of anilines is 1. The molecule has 1 N–H and O–H groups in total. The fourth-order valence-corrected chi connectivity index (χ4v) is 3.60. The fourth-order valence-electron chi connectivity index (χ4n) is 3.47. The molecule has 154 valence electrons. The van der Waals surface area contributed by atoms with Gasteiger partial charge in [-0.2, -0.15) is 0 Å². The van der Waals surface area contributed by atoms with Crippen LogP contribution in [0.1, 0.15) is 28.8 Å². The SMILES string of the molecule is O=C(Nc1ncn(Cc2cccnc2)n1)[C@@H]1CCCN(C(=O)c2ccc(Cl)cc2)C1. The maximum absolute atomic E-state index is 12.7.